The molecule has 0 spiro atoms. The fourth-order valence-electron chi connectivity index (χ4n) is 1.67. The summed E-state index contributed by atoms with van der Waals surface area (Å²) in [7, 11) is 0. The van der Waals surface area contributed by atoms with E-state index in [4.69, 9.17) is 0 Å². The summed E-state index contributed by atoms with van der Waals surface area (Å²) in [6, 6.07) is 11.5. The Kier molecular flexibility index (Phi) is 3.80. The Labute approximate surface area is 110 Å². The standard InChI is InChI=1S/C15H14N2O2/c1-10(2)16-14-12(18)8-9-13(19)15(14)17-11-6-4-3-5-7-11/h3-10H,1-2H3. The van der Waals surface area contributed by atoms with E-state index in [1.54, 1.807) is 12.1 Å². The maximum absolute atomic E-state index is 11.9. The van der Waals surface area contributed by atoms with Gasteiger partial charge in [-0.1, -0.05) is 18.2 Å². The van der Waals surface area contributed by atoms with Crippen LogP contribution in [0.15, 0.2) is 62.0 Å². The summed E-state index contributed by atoms with van der Waals surface area (Å²) in [5.74, 6) is 0. The summed E-state index contributed by atoms with van der Waals surface area (Å²) < 4.78 is 0. The smallest absolute Gasteiger partial charge is 0.206 e. The van der Waals surface area contributed by atoms with Gasteiger partial charge in [-0.05, 0) is 38.1 Å². The first kappa shape index (κ1) is 13.1. The van der Waals surface area contributed by atoms with Crippen LogP contribution in [0.25, 0.3) is 0 Å². The zero-order chi connectivity index (χ0) is 13.8. The molecule has 0 bridgehead atoms. The first-order chi connectivity index (χ1) is 9.08. The second-order valence-corrected chi connectivity index (χ2v) is 4.43. The second-order valence-electron chi connectivity index (χ2n) is 4.43. The molecule has 0 aliphatic carbocycles. The van der Waals surface area contributed by atoms with Crippen LogP contribution in [0.1, 0.15) is 13.8 Å². The molecular formula is C15H14N2O2. The minimum Gasteiger partial charge on any atom is -0.287 e. The van der Waals surface area contributed by atoms with Gasteiger partial charge in [-0.2, -0.15) is 0 Å². The summed E-state index contributed by atoms with van der Waals surface area (Å²) in [6.07, 6.45) is 0. The van der Waals surface area contributed by atoms with Gasteiger partial charge in [0.05, 0.1) is 5.69 Å². The van der Waals surface area contributed by atoms with E-state index in [2.05, 4.69) is 9.98 Å². The third kappa shape index (κ3) is 3.10. The van der Waals surface area contributed by atoms with Crippen molar-refractivity contribution < 1.29 is 0 Å². The van der Waals surface area contributed by atoms with E-state index in [0.29, 0.717) is 5.69 Å². The van der Waals surface area contributed by atoms with E-state index in [1.807, 2.05) is 32.0 Å². The van der Waals surface area contributed by atoms with Crippen LogP contribution in [-0.2, 0) is 0 Å². The fourth-order valence-corrected chi connectivity index (χ4v) is 1.67. The SMILES string of the molecule is CC(C)N=c1c(=O)ccc(=O)c1=Nc1ccccc1. The number of rotatable bonds is 2. The molecule has 2 aromatic carbocycles. The Bertz CT molecular complexity index is 783. The minimum atomic E-state index is -0.289. The number of hydrogen-bond acceptors (Lipinski definition) is 4. The summed E-state index contributed by atoms with van der Waals surface area (Å²) in [5, 5.41) is 0.263. The lowest BCUT2D eigenvalue weighted by Gasteiger charge is -1.95. The highest BCUT2D eigenvalue weighted by molar-refractivity contribution is 5.35. The average Bonchev–Trinajstić information content (AvgIpc) is 2.39. The van der Waals surface area contributed by atoms with Crippen LogP contribution in [0, 0.1) is 0 Å². The van der Waals surface area contributed by atoms with Gasteiger partial charge >= 0.3 is 0 Å². The van der Waals surface area contributed by atoms with Crippen molar-refractivity contribution in [2.75, 3.05) is 0 Å². The van der Waals surface area contributed by atoms with Crippen molar-refractivity contribution in [3.63, 3.8) is 0 Å². The van der Waals surface area contributed by atoms with Gasteiger partial charge in [-0.15, -0.1) is 0 Å². The molecule has 0 aliphatic heterocycles. The molecule has 4 nitrogen and oxygen atoms in total. The third-order valence-corrected chi connectivity index (χ3v) is 2.46. The van der Waals surface area contributed by atoms with Gasteiger partial charge in [-0.3, -0.25) is 14.6 Å². The van der Waals surface area contributed by atoms with Crippen LogP contribution in [0.5, 0.6) is 0 Å². The topological polar surface area (TPSA) is 58.9 Å². The third-order valence-electron chi connectivity index (χ3n) is 2.46. The second kappa shape index (κ2) is 5.52. The predicted octanol–water partition coefficient (Wildman–Crippen LogP) is 0.824. The van der Waals surface area contributed by atoms with Crippen LogP contribution in [0.4, 0.5) is 5.69 Å². The number of hydrogen-bond donors (Lipinski definition) is 0. The van der Waals surface area contributed by atoms with Crippen molar-refractivity contribution in [2.24, 2.45) is 9.98 Å². The first-order valence-electron chi connectivity index (χ1n) is 6.06. The Balaban J connectivity index is 2.84. The molecule has 0 unspecified atom stereocenters. The van der Waals surface area contributed by atoms with E-state index in [1.165, 1.54) is 12.1 Å². The molecule has 2 aromatic rings. The van der Waals surface area contributed by atoms with Gasteiger partial charge < -0.3 is 0 Å². The summed E-state index contributed by atoms with van der Waals surface area (Å²) >= 11 is 0. The molecule has 0 saturated carbocycles. The van der Waals surface area contributed by atoms with Crippen LogP contribution in [0.3, 0.4) is 0 Å². The Morgan fingerprint density at radius 2 is 1.42 bits per heavy atom. The van der Waals surface area contributed by atoms with Gasteiger partial charge in [-0.25, -0.2) is 4.99 Å². The highest BCUT2D eigenvalue weighted by Crippen LogP contribution is 2.06. The molecule has 0 heterocycles. The Morgan fingerprint density at radius 1 is 0.842 bits per heavy atom. The van der Waals surface area contributed by atoms with Crippen LogP contribution >= 0.6 is 0 Å². The van der Waals surface area contributed by atoms with E-state index in [0.717, 1.165) is 0 Å². The molecule has 0 atom stereocenters. The van der Waals surface area contributed by atoms with Gasteiger partial charge in [0.15, 0.2) is 0 Å². The molecule has 2 rings (SSSR count). The molecule has 0 radical (unpaired) electrons. The molecule has 4 heteroatoms. The molecular weight excluding hydrogens is 240 g/mol. The first-order valence-corrected chi connectivity index (χ1v) is 6.06. The summed E-state index contributed by atoms with van der Waals surface area (Å²) in [5.41, 5.74) is 0.0660. The van der Waals surface area contributed by atoms with Crippen molar-refractivity contribution in [1.29, 1.82) is 0 Å². The quantitative estimate of drug-likeness (QED) is 0.796. The normalized spacial score (nSPS) is 13.2. The van der Waals surface area contributed by atoms with Gasteiger partial charge in [0, 0.05) is 6.04 Å². The van der Waals surface area contributed by atoms with E-state index < -0.39 is 0 Å². The van der Waals surface area contributed by atoms with Crippen molar-refractivity contribution in [2.45, 2.75) is 19.9 Å². The molecule has 0 aromatic heterocycles. The van der Waals surface area contributed by atoms with Crippen molar-refractivity contribution in [3.05, 3.63) is 73.6 Å². The van der Waals surface area contributed by atoms with Gasteiger partial charge in [0.2, 0.25) is 10.9 Å². The zero-order valence-electron chi connectivity index (χ0n) is 10.8. The maximum Gasteiger partial charge on any atom is 0.206 e. The van der Waals surface area contributed by atoms with E-state index >= 15 is 0 Å². The zero-order valence-corrected chi connectivity index (χ0v) is 10.8. The largest absolute Gasteiger partial charge is 0.287 e. The molecule has 0 N–H and O–H groups in total. The van der Waals surface area contributed by atoms with E-state index in [-0.39, 0.29) is 27.6 Å². The number of nitrogens with zero attached hydrogens (tertiary/aromatic N) is 2. The summed E-state index contributed by atoms with van der Waals surface area (Å²) in [4.78, 5) is 32.2. The predicted molar refractivity (Wildman–Crippen MR) is 73.7 cm³/mol. The molecule has 19 heavy (non-hydrogen) atoms. The Hall–Kier alpha value is -2.36. The van der Waals surface area contributed by atoms with Gasteiger partial charge in [0.25, 0.3) is 0 Å². The van der Waals surface area contributed by atoms with Gasteiger partial charge in [0.1, 0.15) is 10.7 Å². The van der Waals surface area contributed by atoms with Crippen molar-refractivity contribution in [3.8, 4) is 0 Å². The Morgan fingerprint density at radius 3 is 2.00 bits per heavy atom. The highest BCUT2D eigenvalue weighted by Gasteiger charge is 2.01. The fraction of sp³-hybridized carbons (Fsp3) is 0.200. The lowest BCUT2D eigenvalue weighted by molar-refractivity contribution is 0.796. The maximum atomic E-state index is 11.9. The number of benzene rings is 2. The average molecular weight is 254 g/mol. The lowest BCUT2D eigenvalue weighted by atomic mass is 10.3. The van der Waals surface area contributed by atoms with Crippen LogP contribution in [-0.4, -0.2) is 6.04 Å². The van der Waals surface area contributed by atoms with Crippen LogP contribution in [0.2, 0.25) is 0 Å². The van der Waals surface area contributed by atoms with Crippen molar-refractivity contribution in [1.82, 2.24) is 0 Å². The molecule has 96 valence electrons. The lowest BCUT2D eigenvalue weighted by Crippen LogP contribution is -2.48. The highest BCUT2D eigenvalue weighted by atomic mass is 16.1. The van der Waals surface area contributed by atoms with Crippen LogP contribution < -0.4 is 21.6 Å². The monoisotopic (exact) mass is 254 g/mol. The molecule has 0 amide bonds. The minimum absolute atomic E-state index is 0.0702. The number of para-hydroxylation sites is 1. The molecule has 0 fully saturated rings. The summed E-state index contributed by atoms with van der Waals surface area (Å²) in [6.45, 7) is 3.70. The van der Waals surface area contributed by atoms with Crippen molar-refractivity contribution >= 4 is 5.69 Å². The molecule has 0 saturated heterocycles. The molecule has 0 aliphatic rings. The van der Waals surface area contributed by atoms with E-state index in [9.17, 15) is 9.59 Å².